The molecule has 1 heterocycles. The largest absolute Gasteiger partial charge is 0.490 e. The molecule has 0 amide bonds. The highest BCUT2D eigenvalue weighted by Crippen LogP contribution is 2.42. The fourth-order valence-corrected chi connectivity index (χ4v) is 3.84. The molecule has 21 heavy (non-hydrogen) atoms. The lowest BCUT2D eigenvalue weighted by Gasteiger charge is -2.24. The maximum atomic E-state index is 5.84. The lowest BCUT2D eigenvalue weighted by atomic mass is 9.90. The van der Waals surface area contributed by atoms with Crippen molar-refractivity contribution in [3.05, 3.63) is 23.8 Å². The van der Waals surface area contributed by atoms with Crippen LogP contribution in [-0.2, 0) is 0 Å². The first-order valence-corrected chi connectivity index (χ1v) is 8.38. The van der Waals surface area contributed by atoms with Crippen molar-refractivity contribution in [3.8, 4) is 11.5 Å². The smallest absolute Gasteiger partial charge is 0.161 e. The zero-order chi connectivity index (χ0) is 14.7. The molecule has 3 rings (SSSR count). The zero-order valence-corrected chi connectivity index (χ0v) is 13.2. The molecule has 116 valence electrons. The Bertz CT molecular complexity index is 474. The molecule has 3 heteroatoms. The summed E-state index contributed by atoms with van der Waals surface area (Å²) >= 11 is 0. The SMILES string of the molecule is CCC1CCC(C(NC)c2ccc3c(c2)OCCCO3)C1. The van der Waals surface area contributed by atoms with Gasteiger partial charge in [-0.1, -0.05) is 25.8 Å². The van der Waals surface area contributed by atoms with Gasteiger partial charge in [-0.2, -0.15) is 0 Å². The summed E-state index contributed by atoms with van der Waals surface area (Å²) in [5.74, 6) is 3.45. The number of benzene rings is 1. The van der Waals surface area contributed by atoms with Crippen LogP contribution in [0.3, 0.4) is 0 Å². The minimum absolute atomic E-state index is 0.429. The average Bonchev–Trinajstić information content (AvgIpc) is 2.86. The van der Waals surface area contributed by atoms with Crippen molar-refractivity contribution in [3.63, 3.8) is 0 Å². The number of hydrogen-bond acceptors (Lipinski definition) is 3. The summed E-state index contributed by atoms with van der Waals surface area (Å²) in [6.45, 7) is 3.82. The fraction of sp³-hybridized carbons (Fsp3) is 0.667. The van der Waals surface area contributed by atoms with E-state index in [1.165, 1.54) is 31.2 Å². The van der Waals surface area contributed by atoms with Crippen molar-refractivity contribution in [2.24, 2.45) is 11.8 Å². The van der Waals surface area contributed by atoms with Crippen molar-refractivity contribution < 1.29 is 9.47 Å². The molecule has 0 spiro atoms. The van der Waals surface area contributed by atoms with E-state index in [4.69, 9.17) is 9.47 Å². The van der Waals surface area contributed by atoms with E-state index >= 15 is 0 Å². The van der Waals surface area contributed by atoms with Gasteiger partial charge >= 0.3 is 0 Å². The van der Waals surface area contributed by atoms with E-state index in [1.54, 1.807) is 0 Å². The van der Waals surface area contributed by atoms with Crippen LogP contribution in [0.25, 0.3) is 0 Å². The first-order chi connectivity index (χ1) is 10.3. The Morgan fingerprint density at radius 2 is 2.00 bits per heavy atom. The lowest BCUT2D eigenvalue weighted by Crippen LogP contribution is -2.24. The fourth-order valence-electron chi connectivity index (χ4n) is 3.84. The molecule has 0 saturated heterocycles. The standard InChI is InChI=1S/C18H27NO2/c1-3-13-5-6-14(11-13)18(19-2)15-7-8-16-17(12-15)21-10-4-9-20-16/h7-8,12-14,18-19H,3-6,9-11H2,1-2H3. The molecule has 2 aliphatic rings. The summed E-state index contributed by atoms with van der Waals surface area (Å²) in [5.41, 5.74) is 1.34. The molecule has 1 aromatic rings. The second-order valence-corrected chi connectivity index (χ2v) is 6.37. The Balaban J connectivity index is 1.79. The zero-order valence-electron chi connectivity index (χ0n) is 13.2. The van der Waals surface area contributed by atoms with E-state index in [2.05, 4.69) is 37.5 Å². The maximum absolute atomic E-state index is 5.84. The van der Waals surface area contributed by atoms with Crippen LogP contribution in [-0.4, -0.2) is 20.3 Å². The van der Waals surface area contributed by atoms with Gasteiger partial charge in [0, 0.05) is 12.5 Å². The predicted molar refractivity (Wildman–Crippen MR) is 85.0 cm³/mol. The number of ether oxygens (including phenoxy) is 2. The normalized spacial score (nSPS) is 26.4. The summed E-state index contributed by atoms with van der Waals surface area (Å²) in [6.07, 6.45) is 6.33. The van der Waals surface area contributed by atoms with Gasteiger partial charge in [-0.25, -0.2) is 0 Å². The van der Waals surface area contributed by atoms with E-state index in [1.807, 2.05) is 0 Å². The van der Waals surface area contributed by atoms with Gasteiger partial charge in [-0.3, -0.25) is 0 Å². The van der Waals surface area contributed by atoms with Crippen LogP contribution in [0.2, 0.25) is 0 Å². The Morgan fingerprint density at radius 1 is 1.19 bits per heavy atom. The molecule has 3 atom stereocenters. The quantitative estimate of drug-likeness (QED) is 0.911. The van der Waals surface area contributed by atoms with E-state index in [0.29, 0.717) is 6.04 Å². The first kappa shape index (κ1) is 14.7. The van der Waals surface area contributed by atoms with E-state index in [9.17, 15) is 0 Å². The monoisotopic (exact) mass is 289 g/mol. The second-order valence-electron chi connectivity index (χ2n) is 6.37. The molecular formula is C18H27NO2. The average molecular weight is 289 g/mol. The molecule has 0 bridgehead atoms. The topological polar surface area (TPSA) is 30.5 Å². The summed E-state index contributed by atoms with van der Waals surface area (Å²) in [6, 6.07) is 6.89. The van der Waals surface area contributed by atoms with Crippen molar-refractivity contribution in [1.82, 2.24) is 5.32 Å². The summed E-state index contributed by atoms with van der Waals surface area (Å²) in [7, 11) is 2.08. The molecular weight excluding hydrogens is 262 g/mol. The molecule has 1 N–H and O–H groups in total. The Kier molecular flexibility index (Phi) is 4.69. The van der Waals surface area contributed by atoms with Crippen LogP contribution in [0, 0.1) is 11.8 Å². The minimum Gasteiger partial charge on any atom is -0.490 e. The highest BCUT2D eigenvalue weighted by atomic mass is 16.5. The van der Waals surface area contributed by atoms with Gasteiger partial charge in [0.1, 0.15) is 0 Å². The molecule has 0 aromatic heterocycles. The summed E-state index contributed by atoms with van der Waals surface area (Å²) in [5, 5.41) is 3.53. The third-order valence-corrected chi connectivity index (χ3v) is 5.07. The van der Waals surface area contributed by atoms with Crippen LogP contribution in [0.1, 0.15) is 50.6 Å². The Hall–Kier alpha value is -1.22. The number of rotatable bonds is 4. The third-order valence-electron chi connectivity index (χ3n) is 5.07. The molecule has 1 fully saturated rings. The minimum atomic E-state index is 0.429. The van der Waals surface area contributed by atoms with E-state index in [0.717, 1.165) is 43.0 Å². The Morgan fingerprint density at radius 3 is 2.71 bits per heavy atom. The molecule has 1 aliphatic carbocycles. The lowest BCUT2D eigenvalue weighted by molar-refractivity contribution is 0.296. The molecule has 1 aromatic carbocycles. The highest BCUT2D eigenvalue weighted by Gasteiger charge is 2.30. The van der Waals surface area contributed by atoms with Crippen molar-refractivity contribution in [2.45, 2.75) is 45.1 Å². The van der Waals surface area contributed by atoms with Crippen molar-refractivity contribution in [2.75, 3.05) is 20.3 Å². The van der Waals surface area contributed by atoms with Gasteiger partial charge in [0.15, 0.2) is 11.5 Å². The van der Waals surface area contributed by atoms with Gasteiger partial charge in [0.2, 0.25) is 0 Å². The molecule has 3 unspecified atom stereocenters. The van der Waals surface area contributed by atoms with Crippen LogP contribution < -0.4 is 14.8 Å². The number of hydrogen-bond donors (Lipinski definition) is 1. The molecule has 0 radical (unpaired) electrons. The van der Waals surface area contributed by atoms with Gasteiger partial charge in [0.25, 0.3) is 0 Å². The predicted octanol–water partition coefficient (Wildman–Crippen LogP) is 3.93. The summed E-state index contributed by atoms with van der Waals surface area (Å²) < 4.78 is 11.6. The summed E-state index contributed by atoms with van der Waals surface area (Å²) in [4.78, 5) is 0. The van der Waals surface area contributed by atoms with Gasteiger partial charge in [-0.05, 0) is 49.4 Å². The van der Waals surface area contributed by atoms with Crippen LogP contribution in [0.4, 0.5) is 0 Å². The van der Waals surface area contributed by atoms with Gasteiger partial charge < -0.3 is 14.8 Å². The van der Waals surface area contributed by atoms with Crippen molar-refractivity contribution in [1.29, 1.82) is 0 Å². The molecule has 1 saturated carbocycles. The maximum Gasteiger partial charge on any atom is 0.161 e. The van der Waals surface area contributed by atoms with Gasteiger partial charge in [-0.15, -0.1) is 0 Å². The van der Waals surface area contributed by atoms with Gasteiger partial charge in [0.05, 0.1) is 13.2 Å². The van der Waals surface area contributed by atoms with Crippen LogP contribution in [0.5, 0.6) is 11.5 Å². The van der Waals surface area contributed by atoms with E-state index < -0.39 is 0 Å². The Labute approximate surface area is 128 Å². The van der Waals surface area contributed by atoms with Crippen LogP contribution >= 0.6 is 0 Å². The second kappa shape index (κ2) is 6.69. The molecule has 3 nitrogen and oxygen atoms in total. The van der Waals surface area contributed by atoms with Crippen LogP contribution in [0.15, 0.2) is 18.2 Å². The van der Waals surface area contributed by atoms with E-state index in [-0.39, 0.29) is 0 Å². The molecule has 1 aliphatic heterocycles. The number of nitrogens with one attached hydrogen (secondary N) is 1. The van der Waals surface area contributed by atoms with Crippen molar-refractivity contribution >= 4 is 0 Å². The first-order valence-electron chi connectivity index (χ1n) is 8.38. The third kappa shape index (κ3) is 3.18. The number of fused-ring (bicyclic) bond motifs is 1. The highest BCUT2D eigenvalue weighted by molar-refractivity contribution is 5.44.